The average Bonchev–Trinajstić information content (AvgIpc) is 3.16. The predicted octanol–water partition coefficient (Wildman–Crippen LogP) is 3.39. The number of hydrogen-bond acceptors (Lipinski definition) is 3. The Morgan fingerprint density at radius 2 is 2.00 bits per heavy atom. The minimum absolute atomic E-state index is 0.0567. The van der Waals surface area contributed by atoms with E-state index in [-0.39, 0.29) is 11.1 Å². The summed E-state index contributed by atoms with van der Waals surface area (Å²) in [6, 6.07) is 0. The SMILES string of the molecule is CCC(C)(CC)n1ncc2c(=O)[nH]c(CC3CCCC3)nc21. The fourth-order valence-corrected chi connectivity index (χ4v) is 3.49. The van der Waals surface area contributed by atoms with E-state index in [1.165, 1.54) is 25.7 Å². The number of aromatic amines is 1. The number of nitrogens with one attached hydrogen (secondary N) is 1. The second-order valence-electron chi connectivity index (χ2n) is 6.86. The number of hydrogen-bond donors (Lipinski definition) is 1. The molecule has 3 rings (SSSR count). The van der Waals surface area contributed by atoms with Gasteiger partial charge < -0.3 is 4.98 Å². The molecule has 22 heavy (non-hydrogen) atoms. The molecule has 1 aliphatic rings. The number of aromatic nitrogens is 4. The van der Waals surface area contributed by atoms with Crippen molar-refractivity contribution < 1.29 is 0 Å². The lowest BCUT2D eigenvalue weighted by molar-refractivity contribution is 0.272. The van der Waals surface area contributed by atoms with E-state index >= 15 is 0 Å². The van der Waals surface area contributed by atoms with Crippen LogP contribution in [0.1, 0.15) is 65.1 Å². The van der Waals surface area contributed by atoms with Crippen LogP contribution in [0.4, 0.5) is 0 Å². The van der Waals surface area contributed by atoms with Crippen molar-refractivity contribution in [3.05, 3.63) is 22.4 Å². The summed E-state index contributed by atoms with van der Waals surface area (Å²) in [4.78, 5) is 20.1. The summed E-state index contributed by atoms with van der Waals surface area (Å²) in [7, 11) is 0. The van der Waals surface area contributed by atoms with Gasteiger partial charge in [-0.2, -0.15) is 5.10 Å². The lowest BCUT2D eigenvalue weighted by Gasteiger charge is -2.27. The molecule has 2 aromatic heterocycles. The van der Waals surface area contributed by atoms with Crippen LogP contribution >= 0.6 is 0 Å². The topological polar surface area (TPSA) is 63.6 Å². The van der Waals surface area contributed by atoms with Crippen LogP contribution in [0.15, 0.2) is 11.0 Å². The Kier molecular flexibility index (Phi) is 4.06. The van der Waals surface area contributed by atoms with Gasteiger partial charge in [0.05, 0.1) is 11.7 Å². The molecule has 0 radical (unpaired) electrons. The van der Waals surface area contributed by atoms with Crippen LogP contribution in [0.3, 0.4) is 0 Å². The Labute approximate surface area is 131 Å². The monoisotopic (exact) mass is 302 g/mol. The molecule has 1 fully saturated rings. The van der Waals surface area contributed by atoms with Gasteiger partial charge in [-0.3, -0.25) is 4.79 Å². The summed E-state index contributed by atoms with van der Waals surface area (Å²) in [6.07, 6.45) is 9.58. The normalized spacial score (nSPS) is 16.7. The van der Waals surface area contributed by atoms with Crippen LogP contribution in [-0.2, 0) is 12.0 Å². The zero-order valence-corrected chi connectivity index (χ0v) is 13.9. The van der Waals surface area contributed by atoms with E-state index in [9.17, 15) is 4.79 Å². The third-order valence-electron chi connectivity index (χ3n) is 5.48. The Morgan fingerprint density at radius 1 is 1.32 bits per heavy atom. The molecule has 0 saturated heterocycles. The molecule has 2 heterocycles. The molecule has 0 amide bonds. The first kappa shape index (κ1) is 15.3. The fourth-order valence-electron chi connectivity index (χ4n) is 3.49. The molecule has 5 heteroatoms. The maximum Gasteiger partial charge on any atom is 0.262 e. The van der Waals surface area contributed by atoms with E-state index in [4.69, 9.17) is 4.98 Å². The van der Waals surface area contributed by atoms with Gasteiger partial charge in [-0.15, -0.1) is 0 Å². The summed E-state index contributed by atoms with van der Waals surface area (Å²) in [6.45, 7) is 6.49. The second-order valence-corrected chi connectivity index (χ2v) is 6.86. The van der Waals surface area contributed by atoms with Crippen molar-refractivity contribution in [3.63, 3.8) is 0 Å². The second kappa shape index (κ2) is 5.86. The smallest absolute Gasteiger partial charge is 0.262 e. The third kappa shape index (κ3) is 2.57. The van der Waals surface area contributed by atoms with Crippen LogP contribution in [0.2, 0.25) is 0 Å². The molecular formula is C17H26N4O. The lowest BCUT2D eigenvalue weighted by atomic mass is 9.96. The zero-order chi connectivity index (χ0) is 15.7. The van der Waals surface area contributed by atoms with Crippen molar-refractivity contribution in [2.75, 3.05) is 0 Å². The van der Waals surface area contributed by atoms with Gasteiger partial charge in [0.2, 0.25) is 0 Å². The van der Waals surface area contributed by atoms with Gasteiger partial charge in [0.25, 0.3) is 5.56 Å². The van der Waals surface area contributed by atoms with Gasteiger partial charge in [-0.25, -0.2) is 9.67 Å². The van der Waals surface area contributed by atoms with Gasteiger partial charge in [0, 0.05) is 6.42 Å². The highest BCUT2D eigenvalue weighted by molar-refractivity contribution is 5.73. The average molecular weight is 302 g/mol. The maximum atomic E-state index is 12.3. The van der Waals surface area contributed by atoms with Crippen LogP contribution < -0.4 is 5.56 Å². The van der Waals surface area contributed by atoms with E-state index < -0.39 is 0 Å². The summed E-state index contributed by atoms with van der Waals surface area (Å²) >= 11 is 0. The summed E-state index contributed by atoms with van der Waals surface area (Å²) in [5, 5.41) is 5.08. The van der Waals surface area contributed by atoms with Crippen LogP contribution in [0.25, 0.3) is 11.0 Å². The van der Waals surface area contributed by atoms with Crippen molar-refractivity contribution in [3.8, 4) is 0 Å². The minimum Gasteiger partial charge on any atom is -0.310 e. The molecule has 0 aliphatic heterocycles. The highest BCUT2D eigenvalue weighted by Gasteiger charge is 2.26. The Bertz CT molecular complexity index is 705. The highest BCUT2D eigenvalue weighted by atomic mass is 16.1. The Hall–Kier alpha value is -1.65. The maximum absolute atomic E-state index is 12.3. The standard InChI is InChI=1S/C17H26N4O/c1-4-17(3,5-2)21-15-13(11-18-21)16(22)20-14(19-15)10-12-8-6-7-9-12/h11-12H,4-10H2,1-3H3,(H,19,20,22). The van der Waals surface area contributed by atoms with Gasteiger partial charge in [0.1, 0.15) is 11.2 Å². The molecule has 0 atom stereocenters. The highest BCUT2D eigenvalue weighted by Crippen LogP contribution is 2.28. The van der Waals surface area contributed by atoms with E-state index in [0.29, 0.717) is 11.3 Å². The van der Waals surface area contributed by atoms with Crippen LogP contribution in [0.5, 0.6) is 0 Å². The summed E-state index contributed by atoms with van der Waals surface area (Å²) < 4.78 is 1.95. The van der Waals surface area contributed by atoms with E-state index in [1.807, 2.05) is 4.68 Å². The molecule has 1 aliphatic carbocycles. The molecule has 0 aromatic carbocycles. The van der Waals surface area contributed by atoms with Crippen molar-refractivity contribution in [2.24, 2.45) is 5.92 Å². The molecule has 0 spiro atoms. The molecule has 0 bridgehead atoms. The first-order valence-corrected chi connectivity index (χ1v) is 8.55. The summed E-state index contributed by atoms with van der Waals surface area (Å²) in [5.41, 5.74) is 0.592. The summed E-state index contributed by atoms with van der Waals surface area (Å²) in [5.74, 6) is 1.49. The van der Waals surface area contributed by atoms with Crippen LogP contribution in [0, 0.1) is 5.92 Å². The van der Waals surface area contributed by atoms with Gasteiger partial charge in [0.15, 0.2) is 5.65 Å². The van der Waals surface area contributed by atoms with Gasteiger partial charge >= 0.3 is 0 Å². The molecule has 5 nitrogen and oxygen atoms in total. The van der Waals surface area contributed by atoms with Crippen molar-refractivity contribution >= 4 is 11.0 Å². The Morgan fingerprint density at radius 3 is 2.64 bits per heavy atom. The number of H-pyrrole nitrogens is 1. The minimum atomic E-state index is -0.0901. The quantitative estimate of drug-likeness (QED) is 0.920. The molecule has 0 unspecified atom stereocenters. The molecule has 1 saturated carbocycles. The number of fused-ring (bicyclic) bond motifs is 1. The first-order valence-electron chi connectivity index (χ1n) is 8.55. The number of nitrogens with zero attached hydrogens (tertiary/aromatic N) is 3. The fraction of sp³-hybridized carbons (Fsp3) is 0.706. The number of rotatable bonds is 5. The molecular weight excluding hydrogens is 276 g/mol. The van der Waals surface area contributed by atoms with Gasteiger partial charge in [-0.05, 0) is 25.7 Å². The van der Waals surface area contributed by atoms with Crippen LogP contribution in [-0.4, -0.2) is 19.7 Å². The predicted molar refractivity (Wildman–Crippen MR) is 88.0 cm³/mol. The van der Waals surface area contributed by atoms with Crippen molar-refractivity contribution in [2.45, 2.75) is 71.3 Å². The van der Waals surface area contributed by atoms with E-state index in [2.05, 4.69) is 30.9 Å². The van der Waals surface area contributed by atoms with E-state index in [1.54, 1.807) is 6.20 Å². The molecule has 120 valence electrons. The molecule has 1 N–H and O–H groups in total. The molecule has 2 aromatic rings. The largest absolute Gasteiger partial charge is 0.310 e. The Balaban J connectivity index is 2.04. The third-order valence-corrected chi connectivity index (χ3v) is 5.48. The first-order chi connectivity index (χ1) is 10.6. The van der Waals surface area contributed by atoms with Crippen molar-refractivity contribution in [1.29, 1.82) is 0 Å². The van der Waals surface area contributed by atoms with Gasteiger partial charge in [-0.1, -0.05) is 39.5 Å². The van der Waals surface area contributed by atoms with E-state index in [0.717, 1.165) is 30.7 Å². The zero-order valence-electron chi connectivity index (χ0n) is 13.9. The lowest BCUT2D eigenvalue weighted by Crippen LogP contribution is -2.30. The van der Waals surface area contributed by atoms with Crippen molar-refractivity contribution in [1.82, 2.24) is 19.7 Å².